The van der Waals surface area contributed by atoms with Crippen LogP contribution in [-0.2, 0) is 6.16 Å². The minimum atomic E-state index is -0.749. The minimum Gasteiger partial charge on any atom is -0.870 e. The van der Waals surface area contributed by atoms with E-state index in [2.05, 4.69) is 50.6 Å². The molecule has 0 unspecified atom stereocenters. The molecule has 1 rings (SSSR count). The molecule has 2 heteroatoms. The third-order valence-corrected chi connectivity index (χ3v) is 8.32. The van der Waals surface area contributed by atoms with Gasteiger partial charge in [0, 0.05) is 20.6 Å². The van der Waals surface area contributed by atoms with Gasteiger partial charge < -0.3 is 5.48 Å². The molecule has 0 saturated carbocycles. The fourth-order valence-electron chi connectivity index (χ4n) is 3.89. The molecular formula is C25H47OP. The van der Waals surface area contributed by atoms with Crippen molar-refractivity contribution in [3.63, 3.8) is 0 Å². The Morgan fingerprint density at radius 1 is 0.593 bits per heavy atom. The molecule has 0 spiro atoms. The highest BCUT2D eigenvalue weighted by molar-refractivity contribution is 7.73. The van der Waals surface area contributed by atoms with Gasteiger partial charge in [-0.1, -0.05) is 114 Å². The Labute approximate surface area is 171 Å². The lowest BCUT2D eigenvalue weighted by molar-refractivity contribution is 0.538. The van der Waals surface area contributed by atoms with Crippen LogP contribution in [0.2, 0.25) is 0 Å². The van der Waals surface area contributed by atoms with E-state index in [4.69, 9.17) is 0 Å². The van der Waals surface area contributed by atoms with Crippen LogP contribution in [0.15, 0.2) is 30.3 Å². The average molecular weight is 395 g/mol. The summed E-state index contributed by atoms with van der Waals surface area (Å²) in [5.41, 5.74) is 1.54. The molecule has 0 fully saturated rings. The van der Waals surface area contributed by atoms with Crippen molar-refractivity contribution in [3.8, 4) is 0 Å². The second-order valence-corrected chi connectivity index (χ2v) is 13.5. The lowest BCUT2D eigenvalue weighted by atomic mass is 10.0. The van der Waals surface area contributed by atoms with E-state index in [0.717, 1.165) is 0 Å². The second kappa shape index (κ2) is 17.7. The van der Waals surface area contributed by atoms with E-state index < -0.39 is 7.26 Å². The number of benzene rings is 1. The van der Waals surface area contributed by atoms with Crippen LogP contribution in [0, 0.1) is 0 Å². The Balaban J connectivity index is 0.00000676. The lowest BCUT2D eigenvalue weighted by Gasteiger charge is -2.18. The third kappa shape index (κ3) is 16.3. The maximum absolute atomic E-state index is 2.54. The standard InChI is InChI=1S/C25H46P.H2O/c1-4-5-6-7-8-9-10-11-12-13-14-15-16-20-23-26(2,3)24-25-21-18-17-19-22-25;/h17-19,21-22H,4-16,20,23-24H2,1-3H3;1H2/q+1;/p-1. The van der Waals surface area contributed by atoms with Crippen molar-refractivity contribution >= 4 is 7.26 Å². The summed E-state index contributed by atoms with van der Waals surface area (Å²) in [7, 11) is -0.749. The normalized spacial score (nSPS) is 11.4. The topological polar surface area (TPSA) is 30.0 Å². The highest BCUT2D eigenvalue weighted by Gasteiger charge is 2.24. The number of hydrogen-bond acceptors (Lipinski definition) is 1. The zero-order valence-corrected chi connectivity index (χ0v) is 19.5. The molecule has 0 aliphatic heterocycles. The van der Waals surface area contributed by atoms with Crippen molar-refractivity contribution in [1.82, 2.24) is 0 Å². The predicted molar refractivity (Wildman–Crippen MR) is 126 cm³/mol. The smallest absolute Gasteiger partial charge is 0.0837 e. The van der Waals surface area contributed by atoms with Gasteiger partial charge in [0.2, 0.25) is 0 Å². The first kappa shape index (κ1) is 26.6. The predicted octanol–water partition coefficient (Wildman–Crippen LogP) is 8.77. The molecule has 0 atom stereocenters. The Kier molecular flexibility index (Phi) is 17.4. The van der Waals surface area contributed by atoms with Crippen LogP contribution in [0.4, 0.5) is 0 Å². The van der Waals surface area contributed by atoms with Crippen molar-refractivity contribution in [2.45, 2.75) is 103 Å². The fraction of sp³-hybridized carbons (Fsp3) is 0.760. The van der Waals surface area contributed by atoms with E-state index in [1.54, 1.807) is 0 Å². The van der Waals surface area contributed by atoms with E-state index in [9.17, 15) is 0 Å². The van der Waals surface area contributed by atoms with E-state index in [0.29, 0.717) is 0 Å². The van der Waals surface area contributed by atoms with E-state index in [-0.39, 0.29) is 5.48 Å². The molecule has 0 heterocycles. The summed E-state index contributed by atoms with van der Waals surface area (Å²) in [6, 6.07) is 11.1. The van der Waals surface area contributed by atoms with E-state index >= 15 is 0 Å². The molecule has 158 valence electrons. The molecule has 27 heavy (non-hydrogen) atoms. The summed E-state index contributed by atoms with van der Waals surface area (Å²) in [6.45, 7) is 7.39. The molecule has 0 amide bonds. The monoisotopic (exact) mass is 394 g/mol. The molecule has 1 nitrogen and oxygen atoms in total. The van der Waals surface area contributed by atoms with Crippen LogP contribution in [-0.4, -0.2) is 25.0 Å². The quantitative estimate of drug-likeness (QED) is 0.192. The van der Waals surface area contributed by atoms with Crippen LogP contribution in [0.1, 0.15) is 102 Å². The summed E-state index contributed by atoms with van der Waals surface area (Å²) >= 11 is 0. The summed E-state index contributed by atoms with van der Waals surface area (Å²) in [4.78, 5) is 0. The van der Waals surface area contributed by atoms with Crippen molar-refractivity contribution in [1.29, 1.82) is 0 Å². The van der Waals surface area contributed by atoms with Gasteiger partial charge in [0.15, 0.2) is 0 Å². The highest BCUT2D eigenvalue weighted by Crippen LogP contribution is 2.54. The molecule has 1 N–H and O–H groups in total. The van der Waals surface area contributed by atoms with Gasteiger partial charge in [-0.25, -0.2) is 0 Å². The second-order valence-electron chi connectivity index (χ2n) is 8.90. The zero-order chi connectivity index (χ0) is 18.9. The summed E-state index contributed by atoms with van der Waals surface area (Å²) < 4.78 is 0. The first-order valence-electron chi connectivity index (χ1n) is 11.5. The maximum atomic E-state index is 2.54. The first-order valence-corrected chi connectivity index (χ1v) is 14.6. The van der Waals surface area contributed by atoms with Gasteiger partial charge in [0.05, 0.1) is 12.3 Å². The van der Waals surface area contributed by atoms with Gasteiger partial charge in [0.25, 0.3) is 0 Å². The van der Waals surface area contributed by atoms with Crippen LogP contribution < -0.4 is 0 Å². The molecule has 0 aromatic heterocycles. The van der Waals surface area contributed by atoms with E-state index in [1.165, 1.54) is 108 Å². The zero-order valence-electron chi connectivity index (χ0n) is 18.6. The van der Waals surface area contributed by atoms with Crippen LogP contribution in [0.25, 0.3) is 0 Å². The fourth-order valence-corrected chi connectivity index (χ4v) is 6.33. The van der Waals surface area contributed by atoms with Gasteiger partial charge in [-0.15, -0.1) is 0 Å². The van der Waals surface area contributed by atoms with Crippen molar-refractivity contribution < 1.29 is 5.48 Å². The van der Waals surface area contributed by atoms with Gasteiger partial charge in [-0.3, -0.25) is 0 Å². The molecule has 0 radical (unpaired) electrons. The Morgan fingerprint density at radius 3 is 1.44 bits per heavy atom. The lowest BCUT2D eigenvalue weighted by Crippen LogP contribution is -1.99. The molecular weight excluding hydrogens is 347 g/mol. The van der Waals surface area contributed by atoms with Crippen LogP contribution >= 0.6 is 7.26 Å². The van der Waals surface area contributed by atoms with Gasteiger partial charge in [0.1, 0.15) is 0 Å². The van der Waals surface area contributed by atoms with Gasteiger partial charge in [-0.2, -0.15) is 0 Å². The number of unbranched alkanes of at least 4 members (excludes halogenated alkanes) is 13. The Morgan fingerprint density at radius 2 is 1.00 bits per heavy atom. The maximum Gasteiger partial charge on any atom is 0.0837 e. The molecule has 0 saturated heterocycles. The van der Waals surface area contributed by atoms with Crippen molar-refractivity contribution in [2.24, 2.45) is 0 Å². The largest absolute Gasteiger partial charge is 0.870 e. The summed E-state index contributed by atoms with van der Waals surface area (Å²) in [5.74, 6) is 0. The third-order valence-electron chi connectivity index (χ3n) is 5.57. The van der Waals surface area contributed by atoms with Gasteiger partial charge >= 0.3 is 0 Å². The first-order chi connectivity index (χ1) is 12.6. The van der Waals surface area contributed by atoms with Crippen molar-refractivity contribution in [2.75, 3.05) is 19.5 Å². The highest BCUT2D eigenvalue weighted by atomic mass is 31.2. The average Bonchev–Trinajstić information content (AvgIpc) is 2.62. The Bertz CT molecular complexity index is 416. The molecule has 1 aromatic carbocycles. The summed E-state index contributed by atoms with van der Waals surface area (Å²) in [5, 5.41) is 0. The summed E-state index contributed by atoms with van der Waals surface area (Å²) in [6.07, 6.45) is 23.2. The number of rotatable bonds is 17. The van der Waals surface area contributed by atoms with Crippen molar-refractivity contribution in [3.05, 3.63) is 35.9 Å². The van der Waals surface area contributed by atoms with Crippen LogP contribution in [0.5, 0.6) is 0 Å². The van der Waals surface area contributed by atoms with Gasteiger partial charge in [-0.05, 0) is 18.4 Å². The SMILES string of the molecule is CCCCCCCCCCCCCCCC[P+](C)(C)Cc1ccccc1.[OH-]. The minimum absolute atomic E-state index is 0. The molecule has 0 aliphatic rings. The Hall–Kier alpha value is -0.390. The molecule has 0 aliphatic carbocycles. The number of hydrogen-bond donors (Lipinski definition) is 0. The molecule has 1 aromatic rings. The van der Waals surface area contributed by atoms with Crippen LogP contribution in [0.3, 0.4) is 0 Å². The molecule has 0 bridgehead atoms. The van der Waals surface area contributed by atoms with E-state index in [1.807, 2.05) is 0 Å².